The monoisotopic (exact) mass is 698 g/mol. The molecule has 3 heterocycles. The first kappa shape index (κ1) is 32.5. The number of ether oxygens (including phenoxy) is 1. The number of benzene rings is 3. The van der Waals surface area contributed by atoms with Crippen molar-refractivity contribution < 1.29 is 33.5 Å². The molecule has 2 N–H and O–H groups in total. The van der Waals surface area contributed by atoms with E-state index < -0.39 is 52.3 Å². The number of aromatic nitrogens is 2. The van der Waals surface area contributed by atoms with Crippen molar-refractivity contribution in [2.45, 2.75) is 31.7 Å². The number of carbonyl (C=O) groups is 6. The van der Waals surface area contributed by atoms with Crippen molar-refractivity contribution in [3.63, 3.8) is 0 Å². The number of urea groups is 1. The predicted molar refractivity (Wildman–Crippen MR) is 189 cm³/mol. The van der Waals surface area contributed by atoms with E-state index in [9.17, 15) is 33.6 Å². The van der Waals surface area contributed by atoms with Crippen molar-refractivity contribution in [2.24, 2.45) is 0 Å². The van der Waals surface area contributed by atoms with E-state index >= 15 is 0 Å². The first-order valence-electron chi connectivity index (χ1n) is 16.4. The van der Waals surface area contributed by atoms with Crippen molar-refractivity contribution in [1.82, 2.24) is 20.2 Å². The van der Waals surface area contributed by atoms with Crippen molar-refractivity contribution in [1.29, 1.82) is 0 Å². The third kappa shape index (κ3) is 4.78. The molecule has 0 radical (unpaired) electrons. The van der Waals surface area contributed by atoms with Gasteiger partial charge in [-0.1, -0.05) is 18.2 Å². The van der Waals surface area contributed by atoms with Gasteiger partial charge in [-0.25, -0.2) is 14.7 Å². The summed E-state index contributed by atoms with van der Waals surface area (Å²) in [4.78, 5) is 105. The maximum atomic E-state index is 14.1. The normalized spacial score (nSPS) is 17.7. The largest absolute Gasteiger partial charge is 0.473 e. The molecule has 14 nitrogen and oxygen atoms in total. The fourth-order valence-electron chi connectivity index (χ4n) is 6.91. The van der Waals surface area contributed by atoms with Crippen LogP contribution in [0.1, 0.15) is 79.0 Å². The maximum absolute atomic E-state index is 14.1. The fourth-order valence-corrected chi connectivity index (χ4v) is 6.91. The molecule has 14 heteroatoms. The molecular weight excluding hydrogens is 668 g/mol. The highest BCUT2D eigenvalue weighted by Crippen LogP contribution is 2.41. The second kappa shape index (κ2) is 11.4. The number of nitrogens with zero attached hydrogens (tertiary/aromatic N) is 4. The van der Waals surface area contributed by atoms with Gasteiger partial charge in [0.05, 0.1) is 27.7 Å². The minimum Gasteiger partial charge on any atom is -0.473 e. The molecule has 1 saturated heterocycles. The SMILES string of the molecule is CN(C)c1ccc2nc(C3C(=O)c4cc5c(cc4C3=O)C(=O)N(c3cc(OCN4C(=O)NC(=O)C4(C)C)ccc3C3=CC=CC3)C5=O)[nH]c(=O)c2c1. The molecule has 4 aliphatic rings. The first-order valence-corrected chi connectivity index (χ1v) is 16.4. The molecule has 0 bridgehead atoms. The number of hydrogen-bond donors (Lipinski definition) is 2. The molecular formula is C38H30N6O8. The number of H-pyrrole nitrogens is 1. The van der Waals surface area contributed by atoms with E-state index in [4.69, 9.17) is 4.74 Å². The third-order valence-corrected chi connectivity index (χ3v) is 9.96. The lowest BCUT2D eigenvalue weighted by atomic mass is 10.0. The quantitative estimate of drug-likeness (QED) is 0.163. The summed E-state index contributed by atoms with van der Waals surface area (Å²) in [7, 11) is 3.66. The van der Waals surface area contributed by atoms with Crippen LogP contribution in [0.25, 0.3) is 16.5 Å². The van der Waals surface area contributed by atoms with Crippen molar-refractivity contribution >= 4 is 63.2 Å². The van der Waals surface area contributed by atoms with Crippen LogP contribution in [0.4, 0.5) is 16.2 Å². The van der Waals surface area contributed by atoms with Gasteiger partial charge in [0.15, 0.2) is 18.3 Å². The average molecular weight is 699 g/mol. The Morgan fingerprint density at radius 3 is 2.15 bits per heavy atom. The zero-order valence-corrected chi connectivity index (χ0v) is 28.4. The Morgan fingerprint density at radius 1 is 0.865 bits per heavy atom. The Kier molecular flexibility index (Phi) is 7.13. The van der Waals surface area contributed by atoms with Gasteiger partial charge in [0.25, 0.3) is 23.3 Å². The molecule has 0 atom stereocenters. The Hall–Kier alpha value is -6.70. The number of Topliss-reactive ketones (excluding diaryl/α,β-unsaturated/α-hetero) is 2. The van der Waals surface area contributed by atoms with E-state index in [1.807, 2.05) is 37.2 Å². The maximum Gasteiger partial charge on any atom is 0.327 e. The van der Waals surface area contributed by atoms with Crippen LogP contribution in [0.5, 0.6) is 5.75 Å². The van der Waals surface area contributed by atoms with Crippen molar-refractivity contribution in [3.05, 3.63) is 111 Å². The van der Waals surface area contributed by atoms with Gasteiger partial charge in [-0.3, -0.25) is 39.0 Å². The molecule has 3 aromatic carbocycles. The van der Waals surface area contributed by atoms with Crippen LogP contribution in [0.3, 0.4) is 0 Å². The van der Waals surface area contributed by atoms with Crippen LogP contribution < -0.4 is 25.4 Å². The van der Waals surface area contributed by atoms with E-state index in [2.05, 4.69) is 15.3 Å². The Morgan fingerprint density at radius 2 is 1.56 bits per heavy atom. The molecule has 1 aromatic heterocycles. The highest BCUT2D eigenvalue weighted by atomic mass is 16.5. The number of anilines is 2. The molecule has 0 unspecified atom stereocenters. The van der Waals surface area contributed by atoms with E-state index in [1.165, 1.54) is 23.1 Å². The predicted octanol–water partition coefficient (Wildman–Crippen LogP) is 3.96. The van der Waals surface area contributed by atoms with Gasteiger partial charge < -0.3 is 14.6 Å². The summed E-state index contributed by atoms with van der Waals surface area (Å²) in [5, 5.41) is 2.55. The Balaban J connectivity index is 1.13. The Bertz CT molecular complexity index is 2440. The summed E-state index contributed by atoms with van der Waals surface area (Å²) in [6.07, 6.45) is 6.18. The summed E-state index contributed by atoms with van der Waals surface area (Å²) in [5.74, 6) is -4.56. The van der Waals surface area contributed by atoms with Crippen molar-refractivity contribution in [2.75, 3.05) is 30.6 Å². The van der Waals surface area contributed by atoms with Crippen LogP contribution in [-0.4, -0.2) is 76.6 Å². The zero-order valence-electron chi connectivity index (χ0n) is 28.4. The van der Waals surface area contributed by atoms with E-state index in [1.54, 1.807) is 44.2 Å². The summed E-state index contributed by atoms with van der Waals surface area (Å²) >= 11 is 0. The molecule has 2 aliphatic heterocycles. The summed E-state index contributed by atoms with van der Waals surface area (Å²) in [5.41, 5.74) is 0.772. The number of fused-ring (bicyclic) bond motifs is 3. The van der Waals surface area contributed by atoms with Crippen LogP contribution in [-0.2, 0) is 4.79 Å². The number of imide groups is 2. The standard InChI is InChI=1S/C38H30N6O8/c1-38(2)36(50)41-37(51)43(38)17-52-20-10-11-21(18-7-5-6-8-18)28(14-20)44-34(48)24-15-22-23(16-25(24)35(44)49)31(46)29(30(22)45)32-39-27-12-9-19(42(3)4)13-26(27)33(47)40-32/h5-7,9-16,29H,8,17H2,1-4H3,(H,39,40,47)(H,41,50,51). The van der Waals surface area contributed by atoms with E-state index in [0.717, 1.165) is 16.2 Å². The lowest BCUT2D eigenvalue weighted by Gasteiger charge is -2.28. The average Bonchev–Trinajstić information content (AvgIpc) is 3.83. The minimum absolute atomic E-state index is 0.0523. The van der Waals surface area contributed by atoms with Crippen LogP contribution >= 0.6 is 0 Å². The topological polar surface area (TPSA) is 179 Å². The van der Waals surface area contributed by atoms with Gasteiger partial charge in [-0.2, -0.15) is 0 Å². The van der Waals surface area contributed by atoms with Gasteiger partial charge in [0, 0.05) is 42.5 Å². The molecule has 1 fully saturated rings. The highest BCUT2D eigenvalue weighted by molar-refractivity contribution is 6.37. The smallest absolute Gasteiger partial charge is 0.327 e. The lowest BCUT2D eigenvalue weighted by molar-refractivity contribution is -0.125. The molecule has 52 heavy (non-hydrogen) atoms. The molecule has 0 saturated carbocycles. The molecule has 2 aliphatic carbocycles. The van der Waals surface area contributed by atoms with Gasteiger partial charge in [-0.15, -0.1) is 0 Å². The van der Waals surface area contributed by atoms with Gasteiger partial charge in [0.1, 0.15) is 23.0 Å². The van der Waals surface area contributed by atoms with E-state index in [0.29, 0.717) is 22.9 Å². The lowest BCUT2D eigenvalue weighted by Crippen LogP contribution is -2.46. The van der Waals surface area contributed by atoms with Crippen LogP contribution in [0.15, 0.2) is 71.6 Å². The van der Waals surface area contributed by atoms with E-state index in [-0.39, 0.29) is 46.2 Å². The van der Waals surface area contributed by atoms with Crippen LogP contribution in [0, 0.1) is 0 Å². The third-order valence-electron chi connectivity index (χ3n) is 9.96. The summed E-state index contributed by atoms with van der Waals surface area (Å²) in [6, 6.07) is 11.8. The number of amides is 5. The zero-order chi connectivity index (χ0) is 36.8. The number of hydrogen-bond acceptors (Lipinski definition) is 10. The second-order valence-electron chi connectivity index (χ2n) is 13.6. The number of carbonyl (C=O) groups excluding carboxylic acids is 6. The highest BCUT2D eigenvalue weighted by Gasteiger charge is 2.47. The van der Waals surface area contributed by atoms with Gasteiger partial charge >= 0.3 is 6.03 Å². The Labute approximate surface area is 295 Å². The number of nitrogens with one attached hydrogen (secondary N) is 2. The van der Waals surface area contributed by atoms with Crippen molar-refractivity contribution in [3.8, 4) is 5.75 Å². The minimum atomic E-state index is -1.45. The second-order valence-corrected chi connectivity index (χ2v) is 13.6. The fraction of sp³-hybridized carbons (Fsp3) is 0.211. The number of allylic oxidation sites excluding steroid dienone is 4. The molecule has 8 rings (SSSR count). The summed E-state index contributed by atoms with van der Waals surface area (Å²) in [6.45, 7) is 2.87. The summed E-state index contributed by atoms with van der Waals surface area (Å²) < 4.78 is 5.91. The molecule has 5 amide bonds. The molecule has 260 valence electrons. The number of aromatic amines is 1. The first-order chi connectivity index (χ1) is 24.8. The van der Waals surface area contributed by atoms with Gasteiger partial charge in [0.2, 0.25) is 0 Å². The molecule has 0 spiro atoms. The van der Waals surface area contributed by atoms with Gasteiger partial charge in [-0.05, 0) is 68.3 Å². The number of rotatable bonds is 7. The number of ketones is 2. The molecule has 4 aromatic rings. The van der Waals surface area contributed by atoms with Crippen LogP contribution in [0.2, 0.25) is 0 Å².